The zero-order valence-electron chi connectivity index (χ0n) is 19.6. The van der Waals surface area contributed by atoms with Crippen molar-refractivity contribution < 1.29 is 4.74 Å². The van der Waals surface area contributed by atoms with Gasteiger partial charge in [0.25, 0.3) is 0 Å². The van der Waals surface area contributed by atoms with Crippen LogP contribution in [0.1, 0.15) is 49.9 Å². The fourth-order valence-corrected chi connectivity index (χ4v) is 4.58. The Labute approximate surface area is 214 Å². The van der Waals surface area contributed by atoms with Crippen molar-refractivity contribution in [2.24, 2.45) is 10.9 Å². The van der Waals surface area contributed by atoms with Crippen LogP contribution < -0.4 is 15.4 Å². The van der Waals surface area contributed by atoms with Crippen molar-refractivity contribution in [1.82, 2.24) is 20.5 Å². The third kappa shape index (κ3) is 8.51. The third-order valence-corrected chi connectivity index (χ3v) is 6.62. The minimum Gasteiger partial charge on any atom is -0.494 e. The predicted molar refractivity (Wildman–Crippen MR) is 145 cm³/mol. The summed E-state index contributed by atoms with van der Waals surface area (Å²) in [6.07, 6.45) is 3.46. The molecule has 3 rings (SSSR count). The second kappa shape index (κ2) is 14.7. The predicted octanol–water partition coefficient (Wildman–Crippen LogP) is 4.69. The van der Waals surface area contributed by atoms with Crippen molar-refractivity contribution in [3.63, 3.8) is 0 Å². The number of aliphatic imine (C=N–C) groups is 1. The van der Waals surface area contributed by atoms with E-state index in [1.807, 2.05) is 25.1 Å². The number of ether oxygens (including phenoxy) is 1. The van der Waals surface area contributed by atoms with Crippen LogP contribution >= 0.6 is 35.3 Å². The van der Waals surface area contributed by atoms with Gasteiger partial charge in [-0.25, -0.2) is 9.98 Å². The Kier molecular flexibility index (Phi) is 12.3. The van der Waals surface area contributed by atoms with Crippen LogP contribution in [-0.2, 0) is 19.5 Å². The average Bonchev–Trinajstić information content (AvgIpc) is 3.25. The Hall–Kier alpha value is -1.39. The van der Waals surface area contributed by atoms with Gasteiger partial charge in [0.05, 0.1) is 23.9 Å². The van der Waals surface area contributed by atoms with E-state index in [-0.39, 0.29) is 24.0 Å². The molecular weight excluding hydrogens is 533 g/mol. The Bertz CT molecular complexity index is 820. The summed E-state index contributed by atoms with van der Waals surface area (Å²) in [5.74, 6) is 2.48. The van der Waals surface area contributed by atoms with Crippen molar-refractivity contribution in [3.05, 3.63) is 45.9 Å². The first-order valence-corrected chi connectivity index (χ1v) is 12.5. The summed E-state index contributed by atoms with van der Waals surface area (Å²) in [6.45, 7) is 12.6. The molecule has 0 radical (unpaired) electrons. The number of nitrogens with zero attached hydrogens (tertiary/aromatic N) is 3. The molecule has 1 aromatic heterocycles. The number of guanidine groups is 1. The van der Waals surface area contributed by atoms with E-state index in [1.165, 1.54) is 23.5 Å². The van der Waals surface area contributed by atoms with Gasteiger partial charge in [0.1, 0.15) is 5.75 Å². The number of benzene rings is 1. The highest BCUT2D eigenvalue weighted by molar-refractivity contribution is 14.0. The molecule has 1 aliphatic heterocycles. The summed E-state index contributed by atoms with van der Waals surface area (Å²) in [6, 6.07) is 8.14. The van der Waals surface area contributed by atoms with Crippen molar-refractivity contribution in [2.75, 3.05) is 32.8 Å². The monoisotopic (exact) mass is 571 g/mol. The molecule has 2 heterocycles. The van der Waals surface area contributed by atoms with E-state index in [0.29, 0.717) is 19.1 Å². The topological polar surface area (TPSA) is 61.8 Å². The molecule has 1 saturated heterocycles. The van der Waals surface area contributed by atoms with Gasteiger partial charge in [-0.1, -0.05) is 25.1 Å². The molecule has 0 aliphatic carbocycles. The third-order valence-electron chi connectivity index (χ3n) is 5.58. The maximum absolute atomic E-state index is 5.73. The molecule has 0 atom stereocenters. The Morgan fingerprint density at radius 3 is 2.66 bits per heavy atom. The van der Waals surface area contributed by atoms with Gasteiger partial charge < -0.3 is 15.4 Å². The highest BCUT2D eigenvalue weighted by atomic mass is 127. The Morgan fingerprint density at radius 1 is 1.19 bits per heavy atom. The van der Waals surface area contributed by atoms with Crippen LogP contribution in [0.3, 0.4) is 0 Å². The first kappa shape index (κ1) is 26.9. The van der Waals surface area contributed by atoms with E-state index in [0.717, 1.165) is 56.4 Å². The number of thiazole rings is 1. The lowest BCUT2D eigenvalue weighted by molar-refractivity contribution is 0.176. The first-order chi connectivity index (χ1) is 15.2. The second-order valence-electron chi connectivity index (χ2n) is 7.92. The number of aryl methyl sites for hydroxylation is 1. The van der Waals surface area contributed by atoms with Crippen LogP contribution in [0, 0.1) is 5.92 Å². The minimum atomic E-state index is 0. The van der Waals surface area contributed by atoms with Gasteiger partial charge >= 0.3 is 0 Å². The standard InChI is InChI=1S/C24H37N5OS.HI/c1-4-23-28-21(18-31-23)17-29-13-11-19(12-14-29)15-26-24(25-5-2)27-16-20-9-7-8-10-22(20)30-6-3;/h7-10,18-19H,4-6,11-17H2,1-3H3,(H2,25,26,27);1H. The van der Waals surface area contributed by atoms with Gasteiger partial charge in [-0.05, 0) is 58.2 Å². The summed E-state index contributed by atoms with van der Waals surface area (Å²) >= 11 is 1.79. The number of aromatic nitrogens is 1. The smallest absolute Gasteiger partial charge is 0.191 e. The number of likely N-dealkylation sites (tertiary alicyclic amines) is 1. The largest absolute Gasteiger partial charge is 0.494 e. The van der Waals surface area contributed by atoms with E-state index in [9.17, 15) is 0 Å². The number of hydrogen-bond acceptors (Lipinski definition) is 5. The summed E-state index contributed by atoms with van der Waals surface area (Å²) in [5, 5.41) is 10.4. The fraction of sp³-hybridized carbons (Fsp3) is 0.583. The van der Waals surface area contributed by atoms with Crippen LogP contribution in [0.4, 0.5) is 0 Å². The molecule has 0 amide bonds. The van der Waals surface area contributed by atoms with Gasteiger partial charge in [0, 0.05) is 30.6 Å². The molecule has 0 unspecified atom stereocenters. The van der Waals surface area contributed by atoms with E-state index in [4.69, 9.17) is 14.7 Å². The molecule has 32 heavy (non-hydrogen) atoms. The van der Waals surface area contributed by atoms with Gasteiger partial charge in [0.15, 0.2) is 5.96 Å². The van der Waals surface area contributed by atoms with Gasteiger partial charge in [-0.2, -0.15) is 0 Å². The summed E-state index contributed by atoms with van der Waals surface area (Å²) in [5.41, 5.74) is 2.34. The molecule has 2 N–H and O–H groups in total. The lowest BCUT2D eigenvalue weighted by Gasteiger charge is -2.31. The zero-order chi connectivity index (χ0) is 21.9. The lowest BCUT2D eigenvalue weighted by atomic mass is 9.97. The highest BCUT2D eigenvalue weighted by Crippen LogP contribution is 2.20. The van der Waals surface area contributed by atoms with Gasteiger partial charge in [-0.3, -0.25) is 4.90 Å². The van der Waals surface area contributed by atoms with Crippen LogP contribution in [-0.4, -0.2) is 48.6 Å². The number of halogens is 1. The molecule has 1 aliphatic rings. The number of hydrogen-bond donors (Lipinski definition) is 2. The molecular formula is C24H38IN5OS. The Balaban J connectivity index is 0.00000363. The number of rotatable bonds is 10. The van der Waals surface area contributed by atoms with Crippen molar-refractivity contribution in [1.29, 1.82) is 0 Å². The van der Waals surface area contributed by atoms with E-state index in [1.54, 1.807) is 11.3 Å². The SMILES string of the molecule is CCNC(=NCc1ccccc1OCC)NCC1CCN(Cc2csc(CC)n2)CC1.I. The van der Waals surface area contributed by atoms with Gasteiger partial charge in [0.2, 0.25) is 0 Å². The molecule has 2 aromatic rings. The van der Waals surface area contributed by atoms with E-state index >= 15 is 0 Å². The summed E-state index contributed by atoms with van der Waals surface area (Å²) in [7, 11) is 0. The summed E-state index contributed by atoms with van der Waals surface area (Å²) in [4.78, 5) is 12.0. The first-order valence-electron chi connectivity index (χ1n) is 11.6. The number of piperidine rings is 1. The minimum absolute atomic E-state index is 0. The fourth-order valence-electron chi connectivity index (χ4n) is 3.84. The van der Waals surface area contributed by atoms with Crippen molar-refractivity contribution in [3.8, 4) is 5.75 Å². The Morgan fingerprint density at radius 2 is 1.97 bits per heavy atom. The average molecular weight is 572 g/mol. The molecule has 0 spiro atoms. The molecule has 0 bridgehead atoms. The highest BCUT2D eigenvalue weighted by Gasteiger charge is 2.20. The van der Waals surface area contributed by atoms with Gasteiger partial charge in [-0.15, -0.1) is 35.3 Å². The number of para-hydroxylation sites is 1. The van der Waals surface area contributed by atoms with Crippen LogP contribution in [0.2, 0.25) is 0 Å². The van der Waals surface area contributed by atoms with Crippen LogP contribution in [0.25, 0.3) is 0 Å². The van der Waals surface area contributed by atoms with Crippen LogP contribution in [0.15, 0.2) is 34.6 Å². The van der Waals surface area contributed by atoms with Crippen LogP contribution in [0.5, 0.6) is 5.75 Å². The normalized spacial score (nSPS) is 15.3. The molecule has 178 valence electrons. The molecule has 6 nitrogen and oxygen atoms in total. The number of nitrogens with one attached hydrogen (secondary N) is 2. The van der Waals surface area contributed by atoms with E-state index < -0.39 is 0 Å². The lowest BCUT2D eigenvalue weighted by Crippen LogP contribution is -2.42. The second-order valence-corrected chi connectivity index (χ2v) is 8.87. The maximum atomic E-state index is 5.73. The quantitative estimate of drug-likeness (QED) is 0.246. The molecule has 8 heteroatoms. The molecule has 1 fully saturated rings. The zero-order valence-corrected chi connectivity index (χ0v) is 22.7. The summed E-state index contributed by atoms with van der Waals surface area (Å²) < 4.78 is 5.73. The molecule has 1 aromatic carbocycles. The molecule has 0 saturated carbocycles. The van der Waals surface area contributed by atoms with E-state index in [2.05, 4.69) is 40.8 Å². The maximum Gasteiger partial charge on any atom is 0.191 e. The van der Waals surface area contributed by atoms with Crippen molar-refractivity contribution >= 4 is 41.3 Å². The van der Waals surface area contributed by atoms with Crippen molar-refractivity contribution in [2.45, 2.75) is 53.1 Å².